The Kier molecular flexibility index (Phi) is 3.65. The molecule has 0 amide bonds. The standard InChI is InChI=1S/C16H19N3O/c1-11-7-15(19-16(10-20)18-11)17-9-13-8-14(13)12-5-3-2-4-6-12/h2-7,13-14,20H,8-10H2,1H3,(H,17,18,19)/t13-,14-/m0/s1. The Labute approximate surface area is 118 Å². The second kappa shape index (κ2) is 5.59. The second-order valence-corrected chi connectivity index (χ2v) is 5.36. The summed E-state index contributed by atoms with van der Waals surface area (Å²) in [7, 11) is 0. The van der Waals surface area contributed by atoms with Crippen LogP contribution in [0, 0.1) is 12.8 Å². The molecular weight excluding hydrogens is 250 g/mol. The van der Waals surface area contributed by atoms with Crippen molar-refractivity contribution in [2.45, 2.75) is 25.9 Å². The Hall–Kier alpha value is -1.94. The van der Waals surface area contributed by atoms with Gasteiger partial charge in [0, 0.05) is 18.3 Å². The number of aliphatic hydroxyl groups excluding tert-OH is 1. The number of hydrogen-bond acceptors (Lipinski definition) is 4. The minimum Gasteiger partial charge on any atom is -0.388 e. The topological polar surface area (TPSA) is 58.0 Å². The average molecular weight is 269 g/mol. The van der Waals surface area contributed by atoms with Gasteiger partial charge in [0.25, 0.3) is 0 Å². The van der Waals surface area contributed by atoms with Crippen molar-refractivity contribution in [3.63, 3.8) is 0 Å². The lowest BCUT2D eigenvalue weighted by molar-refractivity contribution is 0.271. The molecule has 3 rings (SSSR count). The number of nitrogens with one attached hydrogen (secondary N) is 1. The number of hydrogen-bond donors (Lipinski definition) is 2. The van der Waals surface area contributed by atoms with Gasteiger partial charge in [0.15, 0.2) is 5.82 Å². The third-order valence-corrected chi connectivity index (χ3v) is 3.74. The highest BCUT2D eigenvalue weighted by molar-refractivity contribution is 5.37. The molecule has 1 aromatic carbocycles. The zero-order valence-electron chi connectivity index (χ0n) is 11.6. The fourth-order valence-corrected chi connectivity index (χ4v) is 2.61. The van der Waals surface area contributed by atoms with Crippen LogP contribution >= 0.6 is 0 Å². The fourth-order valence-electron chi connectivity index (χ4n) is 2.61. The predicted octanol–water partition coefficient (Wildman–Crippen LogP) is 2.49. The first-order valence-electron chi connectivity index (χ1n) is 7.00. The molecule has 4 heteroatoms. The van der Waals surface area contributed by atoms with Crippen molar-refractivity contribution in [2.75, 3.05) is 11.9 Å². The van der Waals surface area contributed by atoms with E-state index < -0.39 is 0 Å². The summed E-state index contributed by atoms with van der Waals surface area (Å²) in [4.78, 5) is 8.43. The molecule has 1 saturated carbocycles. The zero-order chi connectivity index (χ0) is 13.9. The van der Waals surface area contributed by atoms with Crippen molar-refractivity contribution in [1.82, 2.24) is 9.97 Å². The van der Waals surface area contributed by atoms with Gasteiger partial charge < -0.3 is 10.4 Å². The Morgan fingerprint density at radius 3 is 2.80 bits per heavy atom. The lowest BCUT2D eigenvalue weighted by atomic mass is 10.1. The van der Waals surface area contributed by atoms with E-state index in [4.69, 9.17) is 5.11 Å². The molecule has 4 nitrogen and oxygen atoms in total. The number of aryl methyl sites for hydroxylation is 1. The van der Waals surface area contributed by atoms with Crippen molar-refractivity contribution < 1.29 is 5.11 Å². The van der Waals surface area contributed by atoms with Gasteiger partial charge in [-0.25, -0.2) is 9.97 Å². The summed E-state index contributed by atoms with van der Waals surface area (Å²) in [5.74, 6) is 2.62. The number of nitrogens with zero attached hydrogens (tertiary/aromatic N) is 2. The Bertz CT molecular complexity index is 586. The van der Waals surface area contributed by atoms with Gasteiger partial charge in [-0.3, -0.25) is 0 Å². The number of anilines is 1. The molecule has 0 radical (unpaired) electrons. The lowest BCUT2D eigenvalue weighted by Gasteiger charge is -2.07. The van der Waals surface area contributed by atoms with E-state index in [0.29, 0.717) is 17.7 Å². The Morgan fingerprint density at radius 2 is 2.05 bits per heavy atom. The molecule has 0 spiro atoms. The van der Waals surface area contributed by atoms with Crippen molar-refractivity contribution in [1.29, 1.82) is 0 Å². The monoisotopic (exact) mass is 269 g/mol. The second-order valence-electron chi connectivity index (χ2n) is 5.36. The van der Waals surface area contributed by atoms with Crippen molar-refractivity contribution in [3.8, 4) is 0 Å². The minimum absolute atomic E-state index is 0.119. The normalized spacial score (nSPS) is 20.7. The average Bonchev–Trinajstić information content (AvgIpc) is 3.25. The van der Waals surface area contributed by atoms with Gasteiger partial charge in [-0.05, 0) is 30.7 Å². The van der Waals surface area contributed by atoms with Crippen LogP contribution < -0.4 is 5.32 Å². The van der Waals surface area contributed by atoms with Crippen LogP contribution in [0.5, 0.6) is 0 Å². The summed E-state index contributed by atoms with van der Waals surface area (Å²) in [6.45, 7) is 2.71. The molecule has 104 valence electrons. The number of benzene rings is 1. The van der Waals surface area contributed by atoms with Crippen molar-refractivity contribution in [2.24, 2.45) is 5.92 Å². The van der Waals surface area contributed by atoms with Gasteiger partial charge in [-0.2, -0.15) is 0 Å². The number of rotatable bonds is 5. The minimum atomic E-state index is -0.119. The highest BCUT2D eigenvalue weighted by Gasteiger charge is 2.37. The first-order valence-corrected chi connectivity index (χ1v) is 7.00. The molecule has 1 heterocycles. The molecule has 0 aliphatic heterocycles. The molecular formula is C16H19N3O. The van der Waals surface area contributed by atoms with E-state index in [1.807, 2.05) is 13.0 Å². The van der Waals surface area contributed by atoms with Gasteiger partial charge in [0.1, 0.15) is 12.4 Å². The van der Waals surface area contributed by atoms with Crippen LogP contribution in [0.4, 0.5) is 5.82 Å². The molecule has 20 heavy (non-hydrogen) atoms. The third kappa shape index (κ3) is 2.96. The molecule has 2 aromatic rings. The third-order valence-electron chi connectivity index (χ3n) is 3.74. The van der Waals surface area contributed by atoms with E-state index in [0.717, 1.165) is 18.1 Å². The summed E-state index contributed by atoms with van der Waals surface area (Å²) in [5, 5.41) is 12.5. The number of aliphatic hydroxyl groups is 1. The van der Waals surface area contributed by atoms with Gasteiger partial charge in [-0.15, -0.1) is 0 Å². The molecule has 1 fully saturated rings. The van der Waals surface area contributed by atoms with E-state index in [1.165, 1.54) is 12.0 Å². The highest BCUT2D eigenvalue weighted by atomic mass is 16.3. The maximum atomic E-state index is 9.11. The lowest BCUT2D eigenvalue weighted by Crippen LogP contribution is -2.09. The highest BCUT2D eigenvalue weighted by Crippen LogP contribution is 2.47. The van der Waals surface area contributed by atoms with E-state index >= 15 is 0 Å². The number of aromatic nitrogens is 2. The van der Waals surface area contributed by atoms with Crippen LogP contribution in [0.2, 0.25) is 0 Å². The molecule has 2 N–H and O–H groups in total. The smallest absolute Gasteiger partial charge is 0.156 e. The Balaban J connectivity index is 1.58. The van der Waals surface area contributed by atoms with Crippen LogP contribution in [-0.2, 0) is 6.61 Å². The molecule has 0 bridgehead atoms. The Morgan fingerprint density at radius 1 is 1.25 bits per heavy atom. The molecule has 2 atom stereocenters. The maximum absolute atomic E-state index is 9.11. The van der Waals surface area contributed by atoms with Crippen molar-refractivity contribution in [3.05, 3.63) is 53.5 Å². The van der Waals surface area contributed by atoms with Gasteiger partial charge in [0.2, 0.25) is 0 Å². The summed E-state index contributed by atoms with van der Waals surface area (Å²) in [5.41, 5.74) is 2.30. The molecule has 1 aromatic heterocycles. The largest absolute Gasteiger partial charge is 0.388 e. The zero-order valence-corrected chi connectivity index (χ0v) is 11.6. The summed E-state index contributed by atoms with van der Waals surface area (Å²) < 4.78 is 0. The van der Waals surface area contributed by atoms with Crippen LogP contribution in [0.3, 0.4) is 0 Å². The van der Waals surface area contributed by atoms with E-state index in [1.54, 1.807) is 0 Å². The predicted molar refractivity (Wildman–Crippen MR) is 78.5 cm³/mol. The molecule has 0 saturated heterocycles. The SMILES string of the molecule is Cc1cc(NC[C@@H]2C[C@H]2c2ccccc2)nc(CO)n1. The fraction of sp³-hybridized carbons (Fsp3) is 0.375. The van der Waals surface area contributed by atoms with Crippen LogP contribution in [0.25, 0.3) is 0 Å². The van der Waals surface area contributed by atoms with E-state index in [2.05, 4.69) is 45.6 Å². The summed E-state index contributed by atoms with van der Waals surface area (Å²) in [6.07, 6.45) is 1.23. The maximum Gasteiger partial charge on any atom is 0.156 e. The summed E-state index contributed by atoms with van der Waals surface area (Å²) in [6, 6.07) is 12.6. The quantitative estimate of drug-likeness (QED) is 0.875. The van der Waals surface area contributed by atoms with E-state index in [9.17, 15) is 0 Å². The molecule has 1 aliphatic carbocycles. The van der Waals surface area contributed by atoms with Gasteiger partial charge in [-0.1, -0.05) is 30.3 Å². The van der Waals surface area contributed by atoms with Crippen molar-refractivity contribution >= 4 is 5.82 Å². The summed E-state index contributed by atoms with van der Waals surface area (Å²) >= 11 is 0. The van der Waals surface area contributed by atoms with Crippen LogP contribution in [-0.4, -0.2) is 21.6 Å². The van der Waals surface area contributed by atoms with Gasteiger partial charge >= 0.3 is 0 Å². The van der Waals surface area contributed by atoms with E-state index in [-0.39, 0.29) is 6.61 Å². The first kappa shape index (κ1) is 13.1. The molecule has 1 aliphatic rings. The van der Waals surface area contributed by atoms with Crippen LogP contribution in [0.15, 0.2) is 36.4 Å². The molecule has 0 unspecified atom stereocenters. The van der Waals surface area contributed by atoms with Gasteiger partial charge in [0.05, 0.1) is 0 Å². The van der Waals surface area contributed by atoms with Crippen LogP contribution in [0.1, 0.15) is 29.4 Å². The first-order chi connectivity index (χ1) is 9.76.